The molecule has 3 nitrogen and oxygen atoms in total. The van der Waals surface area contributed by atoms with Gasteiger partial charge in [0.2, 0.25) is 0 Å². The number of hydrogen-bond donors (Lipinski definition) is 1. The lowest BCUT2D eigenvalue weighted by Crippen LogP contribution is -2.16. The van der Waals surface area contributed by atoms with Gasteiger partial charge in [0.1, 0.15) is 0 Å². The van der Waals surface area contributed by atoms with Crippen molar-refractivity contribution in [2.45, 2.75) is 19.6 Å². The fourth-order valence-electron chi connectivity index (χ4n) is 3.34. The minimum Gasteiger partial charge on any atom is -0.392 e. The van der Waals surface area contributed by atoms with Crippen LogP contribution in [0.4, 0.5) is 0 Å². The van der Waals surface area contributed by atoms with Crippen LogP contribution in [0, 0.1) is 0 Å². The highest BCUT2D eigenvalue weighted by atomic mass is 16.5. The number of nitrogens with zero attached hydrogens (tertiary/aromatic N) is 1. The van der Waals surface area contributed by atoms with Crippen molar-refractivity contribution in [1.82, 2.24) is 4.98 Å². The van der Waals surface area contributed by atoms with Gasteiger partial charge in [-0.1, -0.05) is 60.7 Å². The maximum atomic E-state index is 10.1. The lowest BCUT2D eigenvalue weighted by Gasteiger charge is -2.24. The molecule has 2 heterocycles. The summed E-state index contributed by atoms with van der Waals surface area (Å²) in [5.74, 6) is 0. The van der Waals surface area contributed by atoms with E-state index < -0.39 is 0 Å². The van der Waals surface area contributed by atoms with E-state index in [4.69, 9.17) is 9.72 Å². The van der Waals surface area contributed by atoms with Gasteiger partial charge in [0.25, 0.3) is 0 Å². The molecule has 0 amide bonds. The van der Waals surface area contributed by atoms with E-state index in [1.165, 1.54) is 0 Å². The molecule has 0 bridgehead atoms. The molecule has 1 N–H and O–H groups in total. The first-order valence-corrected chi connectivity index (χ1v) is 8.22. The average molecular weight is 317 g/mol. The van der Waals surface area contributed by atoms with E-state index in [1.807, 2.05) is 36.4 Å². The topological polar surface area (TPSA) is 42.4 Å². The number of fused-ring (bicyclic) bond motifs is 1. The second kappa shape index (κ2) is 6.56. The van der Waals surface area contributed by atoms with Gasteiger partial charge in [0.15, 0.2) is 0 Å². The van der Waals surface area contributed by atoms with Gasteiger partial charge >= 0.3 is 0 Å². The quantitative estimate of drug-likeness (QED) is 0.794. The van der Waals surface area contributed by atoms with Crippen molar-refractivity contribution in [3.63, 3.8) is 0 Å². The summed E-state index contributed by atoms with van der Waals surface area (Å²) in [7, 11) is 0. The largest absolute Gasteiger partial charge is 0.392 e. The molecule has 0 unspecified atom stereocenters. The Kier molecular flexibility index (Phi) is 4.11. The Morgan fingerprint density at radius 2 is 1.58 bits per heavy atom. The number of aromatic nitrogens is 1. The minimum absolute atomic E-state index is 0.0156. The van der Waals surface area contributed by atoms with Gasteiger partial charge in [-0.3, -0.25) is 4.98 Å². The highest BCUT2D eigenvalue weighted by molar-refractivity contribution is 5.84. The minimum atomic E-state index is -0.0156. The van der Waals surface area contributed by atoms with E-state index in [-0.39, 0.29) is 6.61 Å². The predicted octanol–water partition coefficient (Wildman–Crippen LogP) is 3.98. The monoisotopic (exact) mass is 317 g/mol. The van der Waals surface area contributed by atoms with Crippen molar-refractivity contribution in [1.29, 1.82) is 0 Å². The van der Waals surface area contributed by atoms with E-state index in [0.29, 0.717) is 13.2 Å². The van der Waals surface area contributed by atoms with Crippen LogP contribution in [-0.2, 0) is 24.4 Å². The highest BCUT2D eigenvalue weighted by Crippen LogP contribution is 2.37. The molecule has 1 aliphatic rings. The van der Waals surface area contributed by atoms with Crippen molar-refractivity contribution < 1.29 is 9.84 Å². The number of rotatable bonds is 3. The first-order chi connectivity index (χ1) is 11.9. The Labute approximate surface area is 141 Å². The number of pyridine rings is 1. The standard InChI is InChI=1S/C21H19NO2/c23-13-17-18-14-24-12-11-19(18)22-21(16-9-5-2-6-10-16)20(17)15-7-3-1-4-8-15/h1-10,23H,11-14H2. The smallest absolute Gasteiger partial charge is 0.0787 e. The van der Waals surface area contributed by atoms with Crippen LogP contribution in [-0.4, -0.2) is 16.7 Å². The normalized spacial score (nSPS) is 13.5. The summed E-state index contributed by atoms with van der Waals surface area (Å²) < 4.78 is 5.62. The van der Waals surface area contributed by atoms with Gasteiger partial charge in [-0.2, -0.15) is 0 Å². The first-order valence-electron chi connectivity index (χ1n) is 8.22. The summed E-state index contributed by atoms with van der Waals surface area (Å²) in [4.78, 5) is 4.98. The molecule has 0 saturated carbocycles. The Morgan fingerprint density at radius 1 is 0.917 bits per heavy atom. The average Bonchev–Trinajstić information content (AvgIpc) is 2.67. The molecular weight excluding hydrogens is 298 g/mol. The molecule has 1 aliphatic heterocycles. The molecule has 0 spiro atoms. The molecule has 120 valence electrons. The van der Waals surface area contributed by atoms with Crippen LogP contribution in [0.15, 0.2) is 60.7 Å². The Balaban J connectivity index is 2.04. The van der Waals surface area contributed by atoms with E-state index >= 15 is 0 Å². The molecule has 3 heteroatoms. The maximum Gasteiger partial charge on any atom is 0.0787 e. The Morgan fingerprint density at radius 3 is 2.25 bits per heavy atom. The van der Waals surface area contributed by atoms with Crippen LogP contribution >= 0.6 is 0 Å². The second-order valence-corrected chi connectivity index (χ2v) is 5.93. The van der Waals surface area contributed by atoms with Gasteiger partial charge in [0, 0.05) is 28.8 Å². The molecule has 0 radical (unpaired) electrons. The van der Waals surface area contributed by atoms with Crippen LogP contribution in [0.3, 0.4) is 0 Å². The number of benzene rings is 2. The fraction of sp³-hybridized carbons (Fsp3) is 0.190. The van der Waals surface area contributed by atoms with Crippen LogP contribution in [0.5, 0.6) is 0 Å². The maximum absolute atomic E-state index is 10.1. The first kappa shape index (κ1) is 15.1. The Bertz CT molecular complexity index is 845. The predicted molar refractivity (Wildman–Crippen MR) is 94.4 cm³/mol. The fourth-order valence-corrected chi connectivity index (χ4v) is 3.34. The Hall–Kier alpha value is -2.49. The van der Waals surface area contributed by atoms with Crippen molar-refractivity contribution in [2.24, 2.45) is 0 Å². The van der Waals surface area contributed by atoms with Gasteiger partial charge < -0.3 is 9.84 Å². The second-order valence-electron chi connectivity index (χ2n) is 5.93. The third-order valence-corrected chi connectivity index (χ3v) is 4.50. The van der Waals surface area contributed by atoms with Crippen LogP contribution in [0.25, 0.3) is 22.4 Å². The van der Waals surface area contributed by atoms with E-state index in [1.54, 1.807) is 0 Å². The zero-order valence-electron chi connectivity index (χ0n) is 13.4. The molecule has 0 fully saturated rings. The van der Waals surface area contributed by atoms with Crippen LogP contribution in [0.1, 0.15) is 16.8 Å². The molecule has 2 aromatic carbocycles. The van der Waals surface area contributed by atoms with Crippen molar-refractivity contribution in [3.8, 4) is 22.4 Å². The summed E-state index contributed by atoms with van der Waals surface area (Å²) in [6.07, 6.45) is 0.789. The zero-order chi connectivity index (χ0) is 16.4. The zero-order valence-corrected chi connectivity index (χ0v) is 13.4. The summed E-state index contributed by atoms with van der Waals surface area (Å²) in [6, 6.07) is 20.4. The number of hydrogen-bond acceptors (Lipinski definition) is 3. The number of aliphatic hydroxyl groups is 1. The molecule has 0 saturated heterocycles. The van der Waals surface area contributed by atoms with E-state index in [0.717, 1.165) is 45.6 Å². The molecular formula is C21H19NO2. The van der Waals surface area contributed by atoms with Crippen molar-refractivity contribution in [3.05, 3.63) is 77.5 Å². The number of ether oxygens (including phenoxy) is 1. The molecule has 1 aromatic heterocycles. The van der Waals surface area contributed by atoms with E-state index in [9.17, 15) is 5.11 Å². The van der Waals surface area contributed by atoms with Crippen LogP contribution < -0.4 is 0 Å². The molecule has 0 aliphatic carbocycles. The molecule has 0 atom stereocenters. The van der Waals surface area contributed by atoms with Gasteiger partial charge in [-0.05, 0) is 11.1 Å². The summed E-state index contributed by atoms with van der Waals surface area (Å²) in [5.41, 5.74) is 7.11. The lowest BCUT2D eigenvalue weighted by molar-refractivity contribution is 0.107. The van der Waals surface area contributed by atoms with Crippen LogP contribution in [0.2, 0.25) is 0 Å². The third-order valence-electron chi connectivity index (χ3n) is 4.50. The number of aliphatic hydroxyl groups excluding tert-OH is 1. The SMILES string of the molecule is OCc1c2c(nc(-c3ccccc3)c1-c1ccccc1)CCOC2. The molecule has 3 aromatic rings. The summed E-state index contributed by atoms with van der Waals surface area (Å²) >= 11 is 0. The highest BCUT2D eigenvalue weighted by Gasteiger charge is 2.23. The van der Waals surface area contributed by atoms with Crippen molar-refractivity contribution in [2.75, 3.05) is 6.61 Å². The third kappa shape index (κ3) is 2.62. The van der Waals surface area contributed by atoms with Gasteiger partial charge in [0.05, 0.1) is 25.5 Å². The van der Waals surface area contributed by atoms with Crippen molar-refractivity contribution >= 4 is 0 Å². The van der Waals surface area contributed by atoms with Gasteiger partial charge in [-0.25, -0.2) is 0 Å². The van der Waals surface area contributed by atoms with Gasteiger partial charge in [-0.15, -0.1) is 0 Å². The van der Waals surface area contributed by atoms with E-state index in [2.05, 4.69) is 24.3 Å². The molecule has 24 heavy (non-hydrogen) atoms. The summed E-state index contributed by atoms with van der Waals surface area (Å²) in [5, 5.41) is 10.1. The summed E-state index contributed by atoms with van der Waals surface area (Å²) in [6.45, 7) is 1.19. The molecule has 4 rings (SSSR count). The lowest BCUT2D eigenvalue weighted by atomic mass is 9.90.